The van der Waals surface area contributed by atoms with Crippen molar-refractivity contribution in [2.45, 2.75) is 18.9 Å². The van der Waals surface area contributed by atoms with Crippen molar-refractivity contribution in [3.05, 3.63) is 29.6 Å². The summed E-state index contributed by atoms with van der Waals surface area (Å²) in [7, 11) is 0. The SMILES string of the molecule is Nc1c(F)cccc1C(O)C1CCSCC1. The number of halogens is 1. The normalized spacial score (nSPS) is 19.6. The summed E-state index contributed by atoms with van der Waals surface area (Å²) >= 11 is 1.90. The van der Waals surface area contributed by atoms with E-state index in [0.29, 0.717) is 5.56 Å². The van der Waals surface area contributed by atoms with Crippen LogP contribution >= 0.6 is 11.8 Å². The Labute approximate surface area is 99.0 Å². The molecular formula is C12H16FNOS. The quantitative estimate of drug-likeness (QED) is 0.782. The molecule has 0 aromatic heterocycles. The van der Waals surface area contributed by atoms with Gasteiger partial charge in [-0.1, -0.05) is 12.1 Å². The van der Waals surface area contributed by atoms with Gasteiger partial charge in [0, 0.05) is 5.56 Å². The van der Waals surface area contributed by atoms with Gasteiger partial charge in [-0.05, 0) is 36.3 Å². The highest BCUT2D eigenvalue weighted by Crippen LogP contribution is 2.35. The molecule has 0 bridgehead atoms. The largest absolute Gasteiger partial charge is 0.396 e. The van der Waals surface area contributed by atoms with Crippen molar-refractivity contribution in [2.24, 2.45) is 5.92 Å². The van der Waals surface area contributed by atoms with E-state index in [4.69, 9.17) is 5.73 Å². The molecule has 1 aromatic carbocycles. The third-order valence-corrected chi connectivity index (χ3v) is 4.17. The van der Waals surface area contributed by atoms with Gasteiger partial charge in [-0.25, -0.2) is 4.39 Å². The molecule has 1 aliphatic heterocycles. The van der Waals surface area contributed by atoms with E-state index >= 15 is 0 Å². The summed E-state index contributed by atoms with van der Waals surface area (Å²) in [6.07, 6.45) is 1.32. The maximum Gasteiger partial charge on any atom is 0.146 e. The number of nitrogen functional groups attached to an aromatic ring is 1. The first-order valence-corrected chi connectivity index (χ1v) is 6.65. The van der Waals surface area contributed by atoms with Gasteiger partial charge in [-0.2, -0.15) is 11.8 Å². The third kappa shape index (κ3) is 2.33. The Kier molecular flexibility index (Phi) is 3.71. The maximum absolute atomic E-state index is 13.3. The first kappa shape index (κ1) is 11.7. The summed E-state index contributed by atoms with van der Waals surface area (Å²) in [5, 5.41) is 10.2. The average molecular weight is 241 g/mol. The van der Waals surface area contributed by atoms with Crippen LogP contribution in [0.5, 0.6) is 0 Å². The molecule has 1 atom stereocenters. The molecular weight excluding hydrogens is 225 g/mol. The fourth-order valence-corrected chi connectivity index (χ4v) is 3.24. The second-order valence-corrected chi connectivity index (χ2v) is 5.36. The second-order valence-electron chi connectivity index (χ2n) is 4.14. The molecule has 0 spiro atoms. The van der Waals surface area contributed by atoms with Crippen molar-refractivity contribution < 1.29 is 9.50 Å². The predicted molar refractivity (Wildman–Crippen MR) is 65.8 cm³/mol. The highest BCUT2D eigenvalue weighted by molar-refractivity contribution is 7.99. The molecule has 0 radical (unpaired) electrons. The topological polar surface area (TPSA) is 46.2 Å². The van der Waals surface area contributed by atoms with E-state index in [1.165, 1.54) is 6.07 Å². The minimum Gasteiger partial charge on any atom is -0.396 e. The molecule has 16 heavy (non-hydrogen) atoms. The molecule has 1 heterocycles. The van der Waals surface area contributed by atoms with Crippen molar-refractivity contribution in [3.63, 3.8) is 0 Å². The molecule has 4 heteroatoms. The van der Waals surface area contributed by atoms with Crippen LogP contribution in [-0.4, -0.2) is 16.6 Å². The van der Waals surface area contributed by atoms with Crippen molar-refractivity contribution in [2.75, 3.05) is 17.2 Å². The molecule has 3 N–H and O–H groups in total. The number of thioether (sulfide) groups is 1. The zero-order valence-corrected chi connectivity index (χ0v) is 9.84. The van der Waals surface area contributed by atoms with E-state index < -0.39 is 11.9 Å². The zero-order valence-electron chi connectivity index (χ0n) is 9.03. The second kappa shape index (κ2) is 5.06. The van der Waals surface area contributed by atoms with Gasteiger partial charge in [-0.3, -0.25) is 0 Å². The average Bonchev–Trinajstić information content (AvgIpc) is 2.33. The fraction of sp³-hybridized carbons (Fsp3) is 0.500. The summed E-state index contributed by atoms with van der Waals surface area (Å²) < 4.78 is 13.3. The Morgan fingerprint density at radius 1 is 1.38 bits per heavy atom. The van der Waals surface area contributed by atoms with Gasteiger partial charge >= 0.3 is 0 Å². The van der Waals surface area contributed by atoms with Gasteiger partial charge in [-0.15, -0.1) is 0 Å². The molecule has 2 rings (SSSR count). The monoisotopic (exact) mass is 241 g/mol. The van der Waals surface area contributed by atoms with E-state index in [0.717, 1.165) is 24.3 Å². The smallest absolute Gasteiger partial charge is 0.146 e. The minimum absolute atomic E-state index is 0.0910. The molecule has 0 saturated carbocycles. The Hall–Kier alpha value is -0.740. The van der Waals surface area contributed by atoms with Crippen LogP contribution in [0, 0.1) is 11.7 Å². The highest BCUT2D eigenvalue weighted by Gasteiger charge is 2.25. The van der Waals surface area contributed by atoms with E-state index in [1.807, 2.05) is 11.8 Å². The minimum atomic E-state index is -0.628. The number of aliphatic hydroxyl groups excluding tert-OH is 1. The number of benzene rings is 1. The van der Waals surface area contributed by atoms with Gasteiger partial charge in [0.1, 0.15) is 5.82 Å². The molecule has 1 aromatic rings. The van der Waals surface area contributed by atoms with Crippen LogP contribution in [0.1, 0.15) is 24.5 Å². The first-order chi connectivity index (χ1) is 7.70. The summed E-state index contributed by atoms with van der Waals surface area (Å²) in [6, 6.07) is 4.63. The Morgan fingerprint density at radius 3 is 2.75 bits per heavy atom. The molecule has 88 valence electrons. The Balaban J connectivity index is 2.19. The van der Waals surface area contributed by atoms with E-state index in [2.05, 4.69) is 0 Å². The molecule has 1 aliphatic rings. The van der Waals surface area contributed by atoms with Crippen molar-refractivity contribution >= 4 is 17.4 Å². The van der Waals surface area contributed by atoms with Crippen molar-refractivity contribution in [3.8, 4) is 0 Å². The summed E-state index contributed by atoms with van der Waals surface area (Å²) in [4.78, 5) is 0. The predicted octanol–water partition coefficient (Wildman–Crippen LogP) is 2.58. The standard InChI is InChI=1S/C12H16FNOS/c13-10-3-1-2-9(11(10)14)12(15)8-4-6-16-7-5-8/h1-3,8,12,15H,4-7,14H2. The molecule has 1 fully saturated rings. The van der Waals surface area contributed by atoms with Gasteiger partial charge in [0.25, 0.3) is 0 Å². The molecule has 1 saturated heterocycles. The van der Waals surface area contributed by atoms with Gasteiger partial charge in [0.2, 0.25) is 0 Å². The number of hydrogen-bond donors (Lipinski definition) is 2. The lowest BCUT2D eigenvalue weighted by atomic mass is 9.90. The van der Waals surface area contributed by atoms with Crippen LogP contribution < -0.4 is 5.73 Å². The van der Waals surface area contributed by atoms with Crippen LogP contribution in [0.4, 0.5) is 10.1 Å². The fourth-order valence-electron chi connectivity index (χ4n) is 2.10. The number of hydrogen-bond acceptors (Lipinski definition) is 3. The van der Waals surface area contributed by atoms with Crippen LogP contribution in [-0.2, 0) is 0 Å². The zero-order chi connectivity index (χ0) is 11.5. The number of rotatable bonds is 2. The number of para-hydroxylation sites is 1. The summed E-state index contributed by atoms with van der Waals surface area (Å²) in [5.41, 5.74) is 6.28. The number of aliphatic hydroxyl groups is 1. The van der Waals surface area contributed by atoms with Gasteiger partial charge < -0.3 is 10.8 Å². The molecule has 1 unspecified atom stereocenters. The highest BCUT2D eigenvalue weighted by atomic mass is 32.2. The van der Waals surface area contributed by atoms with E-state index in [1.54, 1.807) is 12.1 Å². The van der Waals surface area contributed by atoms with Crippen LogP contribution in [0.15, 0.2) is 18.2 Å². The van der Waals surface area contributed by atoms with E-state index in [-0.39, 0.29) is 11.6 Å². The van der Waals surface area contributed by atoms with Crippen LogP contribution in [0.25, 0.3) is 0 Å². The summed E-state index contributed by atoms with van der Waals surface area (Å²) in [6.45, 7) is 0. The lowest BCUT2D eigenvalue weighted by Crippen LogP contribution is -2.19. The number of anilines is 1. The third-order valence-electron chi connectivity index (χ3n) is 3.12. The lowest BCUT2D eigenvalue weighted by Gasteiger charge is -2.27. The van der Waals surface area contributed by atoms with Gasteiger partial charge in [0.05, 0.1) is 11.8 Å². The first-order valence-electron chi connectivity index (χ1n) is 5.50. The molecule has 2 nitrogen and oxygen atoms in total. The van der Waals surface area contributed by atoms with E-state index in [9.17, 15) is 9.50 Å². The summed E-state index contributed by atoms with van der Waals surface area (Å²) in [5.74, 6) is 1.90. The Bertz CT molecular complexity index is 366. The molecule has 0 amide bonds. The Morgan fingerprint density at radius 2 is 2.06 bits per heavy atom. The van der Waals surface area contributed by atoms with Gasteiger partial charge in [0.15, 0.2) is 0 Å². The van der Waals surface area contributed by atoms with Crippen LogP contribution in [0.2, 0.25) is 0 Å². The lowest BCUT2D eigenvalue weighted by molar-refractivity contribution is 0.103. The maximum atomic E-state index is 13.3. The van der Waals surface area contributed by atoms with Crippen molar-refractivity contribution in [1.29, 1.82) is 0 Å². The number of nitrogens with two attached hydrogens (primary N) is 1. The van der Waals surface area contributed by atoms with Crippen molar-refractivity contribution in [1.82, 2.24) is 0 Å². The van der Waals surface area contributed by atoms with Crippen LogP contribution in [0.3, 0.4) is 0 Å². The molecule has 0 aliphatic carbocycles.